The van der Waals surface area contributed by atoms with E-state index in [1.165, 1.54) is 32.4 Å². The van der Waals surface area contributed by atoms with Crippen LogP contribution in [-0.4, -0.2) is 76.5 Å². The predicted octanol–water partition coefficient (Wildman–Crippen LogP) is 2.52. The van der Waals surface area contributed by atoms with Crippen molar-refractivity contribution in [2.75, 3.05) is 54.6 Å². The van der Waals surface area contributed by atoms with Gasteiger partial charge in [-0.2, -0.15) is 5.26 Å². The molecule has 0 spiro atoms. The van der Waals surface area contributed by atoms with Crippen molar-refractivity contribution in [3.8, 4) is 6.07 Å². The zero-order valence-electron chi connectivity index (χ0n) is 17.0. The molecule has 0 atom stereocenters. The summed E-state index contributed by atoms with van der Waals surface area (Å²) in [6.45, 7) is 3.97. The quantitative estimate of drug-likeness (QED) is 0.267. The SMILES string of the molecule is COC1(OC)CC(C#N)=C(N=CN(C)C)C=C1OCCCN1CCCCC1. The lowest BCUT2D eigenvalue weighted by Gasteiger charge is -2.35. The highest BCUT2D eigenvalue weighted by molar-refractivity contribution is 5.58. The van der Waals surface area contributed by atoms with E-state index in [4.69, 9.17) is 14.2 Å². The second-order valence-corrected chi connectivity index (χ2v) is 7.13. The molecule has 7 heteroatoms. The van der Waals surface area contributed by atoms with Crippen LogP contribution >= 0.6 is 0 Å². The largest absolute Gasteiger partial charge is 0.492 e. The third kappa shape index (κ3) is 5.80. The molecule has 2 aliphatic rings. The minimum atomic E-state index is -1.08. The van der Waals surface area contributed by atoms with Crippen molar-refractivity contribution in [3.05, 3.63) is 23.1 Å². The van der Waals surface area contributed by atoms with Crippen molar-refractivity contribution in [1.82, 2.24) is 9.80 Å². The van der Waals surface area contributed by atoms with E-state index in [9.17, 15) is 5.26 Å². The number of nitrogens with zero attached hydrogens (tertiary/aromatic N) is 4. The number of ether oxygens (including phenoxy) is 3. The summed E-state index contributed by atoms with van der Waals surface area (Å²) < 4.78 is 17.3. The predicted molar refractivity (Wildman–Crippen MR) is 105 cm³/mol. The maximum atomic E-state index is 9.51. The number of rotatable bonds is 9. The van der Waals surface area contributed by atoms with Crippen LogP contribution in [0.15, 0.2) is 28.1 Å². The normalized spacial score (nSPS) is 20.5. The van der Waals surface area contributed by atoms with Gasteiger partial charge in [-0.1, -0.05) is 6.42 Å². The molecule has 1 aliphatic heterocycles. The van der Waals surface area contributed by atoms with Crippen molar-refractivity contribution >= 4 is 6.34 Å². The number of hydrogen-bond acceptors (Lipinski definition) is 6. The Hall–Kier alpha value is -1.88. The van der Waals surface area contributed by atoms with Crippen molar-refractivity contribution in [2.24, 2.45) is 4.99 Å². The standard InChI is InChI=1S/C20H32N4O3/c1-23(2)16-22-18-13-19(20(25-3,26-4)14-17(18)15-21)27-12-8-11-24-9-6-5-7-10-24/h13,16H,5-12,14H2,1-4H3. The molecule has 0 saturated carbocycles. The Morgan fingerprint density at radius 1 is 1.26 bits per heavy atom. The van der Waals surface area contributed by atoms with Crippen LogP contribution in [0, 0.1) is 11.3 Å². The molecule has 0 aromatic heterocycles. The molecule has 7 nitrogen and oxygen atoms in total. The first-order chi connectivity index (χ1) is 13.0. The summed E-state index contributed by atoms with van der Waals surface area (Å²) in [6, 6.07) is 2.21. The number of methoxy groups -OCH3 is 2. The lowest BCUT2D eigenvalue weighted by atomic mass is 9.96. The van der Waals surface area contributed by atoms with Gasteiger partial charge in [0.05, 0.1) is 30.3 Å². The van der Waals surface area contributed by atoms with Gasteiger partial charge in [-0.3, -0.25) is 0 Å². The Morgan fingerprint density at radius 3 is 2.56 bits per heavy atom. The third-order valence-corrected chi connectivity index (χ3v) is 4.91. The molecule has 1 aliphatic carbocycles. The fourth-order valence-corrected chi connectivity index (χ4v) is 3.36. The summed E-state index contributed by atoms with van der Waals surface area (Å²) in [5.41, 5.74) is 1.10. The first-order valence-electron chi connectivity index (χ1n) is 9.56. The summed E-state index contributed by atoms with van der Waals surface area (Å²) >= 11 is 0. The van der Waals surface area contributed by atoms with E-state index in [2.05, 4.69) is 16.0 Å². The van der Waals surface area contributed by atoms with Gasteiger partial charge in [0.2, 0.25) is 5.79 Å². The molecule has 0 radical (unpaired) electrons. The molecule has 1 saturated heterocycles. The minimum Gasteiger partial charge on any atom is -0.492 e. The molecule has 27 heavy (non-hydrogen) atoms. The number of likely N-dealkylation sites (tertiary alicyclic amines) is 1. The lowest BCUT2D eigenvalue weighted by molar-refractivity contribution is -0.202. The molecular formula is C20H32N4O3. The molecule has 1 heterocycles. The van der Waals surface area contributed by atoms with E-state index in [1.807, 2.05) is 19.0 Å². The summed E-state index contributed by atoms with van der Waals surface area (Å²) in [5, 5.41) is 9.51. The van der Waals surface area contributed by atoms with E-state index in [-0.39, 0.29) is 6.42 Å². The van der Waals surface area contributed by atoms with Gasteiger partial charge in [0.15, 0.2) is 5.76 Å². The highest BCUT2D eigenvalue weighted by Gasteiger charge is 2.41. The molecule has 0 amide bonds. The van der Waals surface area contributed by atoms with Crippen LogP contribution in [0.3, 0.4) is 0 Å². The molecule has 0 N–H and O–H groups in total. The molecule has 0 aromatic carbocycles. The van der Waals surface area contributed by atoms with Gasteiger partial charge in [-0.15, -0.1) is 0 Å². The van der Waals surface area contributed by atoms with Crippen LogP contribution in [0.25, 0.3) is 0 Å². The van der Waals surface area contributed by atoms with E-state index in [0.29, 0.717) is 23.6 Å². The van der Waals surface area contributed by atoms with Gasteiger partial charge in [-0.05, 0) is 32.4 Å². The molecule has 150 valence electrons. The zero-order valence-corrected chi connectivity index (χ0v) is 17.0. The average Bonchev–Trinajstić information content (AvgIpc) is 2.70. The Bertz CT molecular complexity index is 609. The Balaban J connectivity index is 2.07. The van der Waals surface area contributed by atoms with Crippen molar-refractivity contribution in [3.63, 3.8) is 0 Å². The molecule has 2 rings (SSSR count). The molecule has 0 unspecified atom stereocenters. The van der Waals surface area contributed by atoms with E-state index < -0.39 is 5.79 Å². The number of allylic oxidation sites excluding steroid dienone is 1. The van der Waals surface area contributed by atoms with Crippen LogP contribution in [0.1, 0.15) is 32.1 Å². The Morgan fingerprint density at radius 2 is 1.96 bits per heavy atom. The van der Waals surface area contributed by atoms with Gasteiger partial charge in [-0.25, -0.2) is 4.99 Å². The number of aliphatic imine (C=N–C) groups is 1. The topological polar surface area (TPSA) is 70.3 Å². The summed E-state index contributed by atoms with van der Waals surface area (Å²) in [4.78, 5) is 8.71. The van der Waals surface area contributed by atoms with Gasteiger partial charge in [0.1, 0.15) is 0 Å². The second kappa shape index (κ2) is 10.5. The van der Waals surface area contributed by atoms with Crippen LogP contribution in [-0.2, 0) is 14.2 Å². The second-order valence-electron chi connectivity index (χ2n) is 7.13. The fraction of sp³-hybridized carbons (Fsp3) is 0.700. The minimum absolute atomic E-state index is 0.272. The Labute approximate surface area is 162 Å². The Kier molecular flexibility index (Phi) is 8.29. The third-order valence-electron chi connectivity index (χ3n) is 4.91. The number of piperidine rings is 1. The highest BCUT2D eigenvalue weighted by atomic mass is 16.7. The van der Waals surface area contributed by atoms with E-state index >= 15 is 0 Å². The summed E-state index contributed by atoms with van der Waals surface area (Å²) in [5.74, 6) is -0.510. The van der Waals surface area contributed by atoms with Gasteiger partial charge < -0.3 is 24.0 Å². The molecule has 0 bridgehead atoms. The van der Waals surface area contributed by atoms with Crippen LogP contribution in [0.4, 0.5) is 0 Å². The highest BCUT2D eigenvalue weighted by Crippen LogP contribution is 2.37. The maximum absolute atomic E-state index is 9.51. The number of hydrogen-bond donors (Lipinski definition) is 0. The van der Waals surface area contributed by atoms with Crippen LogP contribution in [0.2, 0.25) is 0 Å². The lowest BCUT2D eigenvalue weighted by Crippen LogP contribution is -2.40. The van der Waals surface area contributed by atoms with E-state index in [1.54, 1.807) is 26.6 Å². The smallest absolute Gasteiger partial charge is 0.232 e. The van der Waals surface area contributed by atoms with E-state index in [0.717, 1.165) is 13.0 Å². The first-order valence-corrected chi connectivity index (χ1v) is 9.56. The van der Waals surface area contributed by atoms with Gasteiger partial charge in [0.25, 0.3) is 0 Å². The molecular weight excluding hydrogens is 344 g/mol. The first kappa shape index (κ1) is 21.4. The fourth-order valence-electron chi connectivity index (χ4n) is 3.36. The maximum Gasteiger partial charge on any atom is 0.232 e. The zero-order chi connectivity index (χ0) is 19.7. The monoisotopic (exact) mass is 376 g/mol. The van der Waals surface area contributed by atoms with Crippen molar-refractivity contribution < 1.29 is 14.2 Å². The summed E-state index contributed by atoms with van der Waals surface area (Å²) in [6.07, 6.45) is 8.56. The van der Waals surface area contributed by atoms with Crippen molar-refractivity contribution in [1.29, 1.82) is 5.26 Å². The molecule has 0 aromatic rings. The molecule has 1 fully saturated rings. The van der Waals surface area contributed by atoms with Crippen LogP contribution < -0.4 is 0 Å². The summed E-state index contributed by atoms with van der Waals surface area (Å²) in [7, 11) is 6.90. The number of nitriles is 1. The van der Waals surface area contributed by atoms with Gasteiger partial charge >= 0.3 is 0 Å². The van der Waals surface area contributed by atoms with Crippen LogP contribution in [0.5, 0.6) is 0 Å². The van der Waals surface area contributed by atoms with Gasteiger partial charge in [0, 0.05) is 47.4 Å². The van der Waals surface area contributed by atoms with Crippen molar-refractivity contribution in [2.45, 2.75) is 37.9 Å². The average molecular weight is 377 g/mol.